The van der Waals surface area contributed by atoms with Crippen LogP contribution in [0.2, 0.25) is 5.02 Å². The molecule has 32 heavy (non-hydrogen) atoms. The summed E-state index contributed by atoms with van der Waals surface area (Å²) in [6.45, 7) is 1.33. The van der Waals surface area contributed by atoms with Gasteiger partial charge in [-0.1, -0.05) is 23.7 Å². The maximum Gasteiger partial charge on any atom is 0.160 e. The van der Waals surface area contributed by atoms with E-state index in [1.165, 1.54) is 18.5 Å². The fourth-order valence-corrected chi connectivity index (χ4v) is 3.36. The van der Waals surface area contributed by atoms with Crippen molar-refractivity contribution in [1.82, 2.24) is 19.7 Å². The van der Waals surface area contributed by atoms with Crippen LogP contribution >= 0.6 is 11.6 Å². The molecule has 0 aliphatic carbocycles. The van der Waals surface area contributed by atoms with E-state index < -0.39 is 0 Å². The smallest absolute Gasteiger partial charge is 0.160 e. The topological polar surface area (TPSA) is 94.3 Å². The molecule has 0 saturated carbocycles. The summed E-state index contributed by atoms with van der Waals surface area (Å²) in [4.78, 5) is 8.59. The fourth-order valence-electron chi connectivity index (χ4n) is 3.12. The third kappa shape index (κ3) is 5.31. The van der Waals surface area contributed by atoms with Gasteiger partial charge in [-0.3, -0.25) is 4.68 Å². The Kier molecular flexibility index (Phi) is 7.10. The van der Waals surface area contributed by atoms with Crippen molar-refractivity contribution in [3.05, 3.63) is 71.4 Å². The molecular weight excluding hydrogens is 437 g/mol. The number of aliphatic hydroxyl groups excluding tert-OH is 1. The van der Waals surface area contributed by atoms with Crippen LogP contribution in [0.4, 0.5) is 15.9 Å². The molecule has 0 bridgehead atoms. The van der Waals surface area contributed by atoms with Crippen molar-refractivity contribution in [3.63, 3.8) is 0 Å². The van der Waals surface area contributed by atoms with E-state index in [0.717, 1.165) is 5.52 Å². The minimum atomic E-state index is -0.313. The second-order valence-electron chi connectivity index (χ2n) is 6.85. The average Bonchev–Trinajstić information content (AvgIpc) is 3.20. The van der Waals surface area contributed by atoms with Gasteiger partial charge in [-0.05, 0) is 35.9 Å². The van der Waals surface area contributed by atoms with Crippen molar-refractivity contribution in [1.29, 1.82) is 0 Å². The molecule has 2 aromatic carbocycles. The lowest BCUT2D eigenvalue weighted by molar-refractivity contribution is 0.0860. The largest absolute Gasteiger partial charge is 0.487 e. The molecule has 0 atom stereocenters. The zero-order valence-corrected chi connectivity index (χ0v) is 17.8. The van der Waals surface area contributed by atoms with Gasteiger partial charge in [-0.15, -0.1) is 0 Å². The summed E-state index contributed by atoms with van der Waals surface area (Å²) >= 11 is 6.39. The lowest BCUT2D eigenvalue weighted by Gasteiger charge is -2.12. The second-order valence-corrected chi connectivity index (χ2v) is 7.26. The number of rotatable bonds is 10. The minimum absolute atomic E-state index is 0.0293. The zero-order valence-electron chi connectivity index (χ0n) is 17.0. The molecule has 2 aromatic heterocycles. The highest BCUT2D eigenvalue weighted by molar-refractivity contribution is 6.32. The maximum atomic E-state index is 13.3. The van der Waals surface area contributed by atoms with Gasteiger partial charge < -0.3 is 19.9 Å². The summed E-state index contributed by atoms with van der Waals surface area (Å²) in [6.07, 6.45) is 3.11. The van der Waals surface area contributed by atoms with Crippen LogP contribution in [0.1, 0.15) is 5.56 Å². The number of aromatic nitrogens is 4. The normalized spacial score (nSPS) is 11.1. The van der Waals surface area contributed by atoms with Gasteiger partial charge in [0.1, 0.15) is 35.5 Å². The maximum absolute atomic E-state index is 13.3. The number of nitrogens with one attached hydrogen (secondary N) is 1. The third-order valence-corrected chi connectivity index (χ3v) is 4.88. The van der Waals surface area contributed by atoms with Crippen LogP contribution in [0.15, 0.2) is 55.0 Å². The fraction of sp³-hybridized carbons (Fsp3) is 0.227. The number of hydrogen-bond acceptors (Lipinski definition) is 7. The van der Waals surface area contributed by atoms with Gasteiger partial charge in [0, 0.05) is 5.69 Å². The monoisotopic (exact) mass is 457 g/mol. The van der Waals surface area contributed by atoms with Crippen molar-refractivity contribution in [2.45, 2.75) is 13.2 Å². The first-order valence-corrected chi connectivity index (χ1v) is 10.3. The Hall–Kier alpha value is -3.27. The molecule has 8 nitrogen and oxygen atoms in total. The molecule has 0 fully saturated rings. The Morgan fingerprint density at radius 3 is 2.84 bits per heavy atom. The number of hydrogen-bond donors (Lipinski definition) is 2. The summed E-state index contributed by atoms with van der Waals surface area (Å²) in [7, 11) is 0. The highest BCUT2D eigenvalue weighted by Gasteiger charge is 2.12. The van der Waals surface area contributed by atoms with Crippen molar-refractivity contribution in [2.24, 2.45) is 0 Å². The first-order valence-electron chi connectivity index (χ1n) is 9.93. The molecule has 0 saturated heterocycles. The van der Waals surface area contributed by atoms with Gasteiger partial charge in [0.2, 0.25) is 0 Å². The van der Waals surface area contributed by atoms with Crippen LogP contribution in [-0.2, 0) is 17.9 Å². The predicted octanol–water partition coefficient (Wildman–Crippen LogP) is 3.95. The van der Waals surface area contributed by atoms with E-state index in [1.54, 1.807) is 35.1 Å². The van der Waals surface area contributed by atoms with E-state index in [-0.39, 0.29) is 25.6 Å². The van der Waals surface area contributed by atoms with E-state index in [4.69, 9.17) is 26.2 Å². The van der Waals surface area contributed by atoms with Gasteiger partial charge in [0.15, 0.2) is 5.82 Å². The SMILES string of the molecule is OCCOCCn1ncc2ncnc(Nc3ccc(OCc4cccc(F)c4)c(Cl)c3)c21. The molecule has 0 aliphatic rings. The van der Waals surface area contributed by atoms with Crippen molar-refractivity contribution in [2.75, 3.05) is 25.1 Å². The Labute approximate surface area is 188 Å². The summed E-state index contributed by atoms with van der Waals surface area (Å²) in [5.41, 5.74) is 2.83. The Morgan fingerprint density at radius 2 is 2.03 bits per heavy atom. The lowest BCUT2D eigenvalue weighted by Crippen LogP contribution is -2.10. The van der Waals surface area contributed by atoms with Gasteiger partial charge in [0.05, 0.1) is 37.6 Å². The first-order chi connectivity index (χ1) is 15.6. The Balaban J connectivity index is 1.48. The van der Waals surface area contributed by atoms with Gasteiger partial charge in [0.25, 0.3) is 0 Å². The molecule has 0 spiro atoms. The standard InChI is InChI=1S/C22H21ClFN5O3/c23-18-11-17(4-5-20(18)32-13-15-2-1-3-16(24)10-15)28-22-21-19(25-14-26-22)12-27-29(21)6-8-31-9-7-30/h1-5,10-12,14,30H,6-9,13H2,(H,25,26,28). The second kappa shape index (κ2) is 10.4. The third-order valence-electron chi connectivity index (χ3n) is 4.59. The highest BCUT2D eigenvalue weighted by atomic mass is 35.5. The first kappa shape index (κ1) is 21.9. The Bertz CT molecular complexity index is 1200. The molecule has 0 amide bonds. The summed E-state index contributed by atoms with van der Waals surface area (Å²) in [5.74, 6) is 0.742. The van der Waals surface area contributed by atoms with Crippen LogP contribution in [0.5, 0.6) is 5.75 Å². The minimum Gasteiger partial charge on any atom is -0.487 e. The van der Waals surface area contributed by atoms with Crippen LogP contribution in [0.25, 0.3) is 11.0 Å². The molecule has 4 aromatic rings. The summed E-state index contributed by atoms with van der Waals surface area (Å²) < 4.78 is 26.1. The van der Waals surface area contributed by atoms with Crippen molar-refractivity contribution in [3.8, 4) is 5.75 Å². The molecule has 166 valence electrons. The number of ether oxygens (including phenoxy) is 2. The number of nitrogens with zero attached hydrogens (tertiary/aromatic N) is 4. The van der Waals surface area contributed by atoms with Crippen LogP contribution < -0.4 is 10.1 Å². The van der Waals surface area contributed by atoms with E-state index in [2.05, 4.69) is 20.4 Å². The zero-order chi connectivity index (χ0) is 22.3. The van der Waals surface area contributed by atoms with E-state index >= 15 is 0 Å². The Morgan fingerprint density at radius 1 is 1.12 bits per heavy atom. The molecule has 2 heterocycles. The van der Waals surface area contributed by atoms with Crippen molar-refractivity contribution < 1.29 is 19.0 Å². The number of anilines is 2. The molecule has 0 aliphatic heterocycles. The number of benzene rings is 2. The number of halogens is 2. The lowest BCUT2D eigenvalue weighted by atomic mass is 10.2. The summed E-state index contributed by atoms with van der Waals surface area (Å²) in [5, 5.41) is 16.8. The summed E-state index contributed by atoms with van der Waals surface area (Å²) in [6, 6.07) is 11.5. The van der Waals surface area contributed by atoms with Crippen LogP contribution in [0.3, 0.4) is 0 Å². The molecule has 4 rings (SSSR count). The van der Waals surface area contributed by atoms with E-state index in [1.807, 2.05) is 6.07 Å². The average molecular weight is 458 g/mol. The van der Waals surface area contributed by atoms with E-state index in [0.29, 0.717) is 46.5 Å². The van der Waals surface area contributed by atoms with Gasteiger partial charge in [-0.2, -0.15) is 5.10 Å². The molecule has 10 heteroatoms. The van der Waals surface area contributed by atoms with Crippen LogP contribution in [0, 0.1) is 5.82 Å². The number of fused-ring (bicyclic) bond motifs is 1. The molecule has 0 unspecified atom stereocenters. The van der Waals surface area contributed by atoms with Crippen LogP contribution in [-0.4, -0.2) is 44.7 Å². The highest BCUT2D eigenvalue weighted by Crippen LogP contribution is 2.31. The molecule has 2 N–H and O–H groups in total. The van der Waals surface area contributed by atoms with Gasteiger partial charge >= 0.3 is 0 Å². The molecular formula is C22H21ClFN5O3. The quantitative estimate of drug-likeness (QED) is 0.348. The van der Waals surface area contributed by atoms with Gasteiger partial charge in [-0.25, -0.2) is 14.4 Å². The molecule has 0 radical (unpaired) electrons. The van der Waals surface area contributed by atoms with Crippen molar-refractivity contribution >= 4 is 34.1 Å². The predicted molar refractivity (Wildman–Crippen MR) is 119 cm³/mol. The van der Waals surface area contributed by atoms with E-state index in [9.17, 15) is 4.39 Å². The number of aliphatic hydroxyl groups is 1.